The first kappa shape index (κ1) is 33.1. The lowest BCUT2D eigenvalue weighted by Gasteiger charge is -2.22. The van der Waals surface area contributed by atoms with E-state index in [1.807, 2.05) is 36.4 Å². The number of rotatable bonds is 6. The van der Waals surface area contributed by atoms with Gasteiger partial charge in [0.05, 0.1) is 11.0 Å². The van der Waals surface area contributed by atoms with Gasteiger partial charge in [-0.3, -0.25) is 4.57 Å². The van der Waals surface area contributed by atoms with Crippen molar-refractivity contribution in [2.45, 2.75) is 19.3 Å². The first-order valence-electron chi connectivity index (χ1n) is 19.6. The molecule has 0 N–H and O–H groups in total. The maximum atomic E-state index is 4.70. The SMILES string of the molecule is CC1(C)c2ccccc2-c2ccc(-c3ccc4c(c3)c3cccc(-c5ccc(-n6c(-c7ccccc7)nnc6-c6ccccc6)cc5)c3n4-c3ccccc3)cc21. The summed E-state index contributed by atoms with van der Waals surface area (Å²) >= 11 is 0. The molecule has 0 aliphatic heterocycles. The van der Waals surface area contributed by atoms with Crippen molar-refractivity contribution in [3.63, 3.8) is 0 Å². The smallest absolute Gasteiger partial charge is 0.168 e. The largest absolute Gasteiger partial charge is 0.309 e. The molecule has 4 heteroatoms. The first-order chi connectivity index (χ1) is 28.0. The molecule has 0 fully saturated rings. The van der Waals surface area contributed by atoms with Crippen LogP contribution < -0.4 is 0 Å². The number of para-hydroxylation sites is 2. The highest BCUT2D eigenvalue weighted by Crippen LogP contribution is 2.50. The number of hydrogen-bond acceptors (Lipinski definition) is 2. The molecule has 57 heavy (non-hydrogen) atoms. The molecule has 2 aromatic heterocycles. The van der Waals surface area contributed by atoms with Gasteiger partial charge in [-0.1, -0.05) is 166 Å². The Bertz CT molecular complexity index is 3060. The summed E-state index contributed by atoms with van der Waals surface area (Å²) in [5, 5.41) is 11.9. The number of aromatic nitrogens is 4. The van der Waals surface area contributed by atoms with Crippen molar-refractivity contribution in [1.29, 1.82) is 0 Å². The van der Waals surface area contributed by atoms with Crippen LogP contribution >= 0.6 is 0 Å². The molecule has 0 saturated heterocycles. The number of nitrogens with zero attached hydrogens (tertiary/aromatic N) is 4. The van der Waals surface area contributed by atoms with E-state index in [2.05, 4.69) is 181 Å². The molecule has 4 nitrogen and oxygen atoms in total. The molecule has 0 atom stereocenters. The average Bonchev–Trinajstić information content (AvgIpc) is 3.93. The van der Waals surface area contributed by atoms with Crippen LogP contribution in [0.1, 0.15) is 25.0 Å². The minimum atomic E-state index is -0.0551. The number of hydrogen-bond donors (Lipinski definition) is 0. The Balaban J connectivity index is 1.06. The standard InChI is InChI=1S/C53H38N4/c1-53(2)47-24-13-12-21-43(47)44-31-27-39(34-48(44)53)38-28-32-49-46(33-38)45-23-14-22-42(50(45)56(49)40-19-10-5-11-20-40)35-25-29-41(30-26-35)57-51(36-15-6-3-7-16-36)54-55-52(57)37-17-8-4-9-18-37/h3-34H,1-2H3. The van der Waals surface area contributed by atoms with Crippen LogP contribution in [0.25, 0.3) is 89.3 Å². The molecule has 270 valence electrons. The van der Waals surface area contributed by atoms with E-state index in [-0.39, 0.29) is 5.41 Å². The summed E-state index contributed by atoms with van der Waals surface area (Å²) in [6, 6.07) is 69.8. The molecule has 11 rings (SSSR count). The number of fused-ring (bicyclic) bond motifs is 6. The van der Waals surface area contributed by atoms with Gasteiger partial charge in [-0.05, 0) is 81.4 Å². The molecule has 0 spiro atoms. The van der Waals surface area contributed by atoms with Crippen molar-refractivity contribution in [3.05, 3.63) is 205 Å². The minimum absolute atomic E-state index is 0.0551. The van der Waals surface area contributed by atoms with Crippen molar-refractivity contribution in [3.8, 4) is 67.5 Å². The average molecular weight is 731 g/mol. The minimum Gasteiger partial charge on any atom is -0.309 e. The van der Waals surface area contributed by atoms with Crippen LogP contribution in [-0.2, 0) is 5.41 Å². The van der Waals surface area contributed by atoms with Gasteiger partial charge in [0.1, 0.15) is 0 Å². The van der Waals surface area contributed by atoms with Gasteiger partial charge in [0.15, 0.2) is 11.6 Å². The van der Waals surface area contributed by atoms with Crippen LogP contribution in [0.2, 0.25) is 0 Å². The molecule has 2 heterocycles. The predicted molar refractivity (Wildman–Crippen MR) is 235 cm³/mol. The van der Waals surface area contributed by atoms with Crippen molar-refractivity contribution in [2.24, 2.45) is 0 Å². The lowest BCUT2D eigenvalue weighted by molar-refractivity contribution is 0.660. The van der Waals surface area contributed by atoms with Gasteiger partial charge in [-0.2, -0.15) is 0 Å². The van der Waals surface area contributed by atoms with Crippen molar-refractivity contribution >= 4 is 21.8 Å². The second-order valence-corrected chi connectivity index (χ2v) is 15.5. The van der Waals surface area contributed by atoms with Gasteiger partial charge in [0, 0.05) is 44.3 Å². The molecule has 0 unspecified atom stereocenters. The van der Waals surface area contributed by atoms with Gasteiger partial charge < -0.3 is 4.57 Å². The zero-order valence-electron chi connectivity index (χ0n) is 31.8. The van der Waals surface area contributed by atoms with Crippen LogP contribution in [-0.4, -0.2) is 19.3 Å². The Morgan fingerprint density at radius 2 is 0.912 bits per heavy atom. The Morgan fingerprint density at radius 3 is 1.61 bits per heavy atom. The van der Waals surface area contributed by atoms with Crippen molar-refractivity contribution < 1.29 is 0 Å². The highest BCUT2D eigenvalue weighted by Gasteiger charge is 2.35. The third-order valence-electron chi connectivity index (χ3n) is 11.9. The normalized spacial score (nSPS) is 12.9. The topological polar surface area (TPSA) is 35.6 Å². The fourth-order valence-electron chi connectivity index (χ4n) is 9.08. The molecule has 0 bridgehead atoms. The summed E-state index contributed by atoms with van der Waals surface area (Å²) in [5.74, 6) is 1.61. The molecular weight excluding hydrogens is 693 g/mol. The van der Waals surface area contributed by atoms with Crippen LogP contribution in [0.4, 0.5) is 0 Å². The molecule has 0 amide bonds. The van der Waals surface area contributed by atoms with Gasteiger partial charge in [-0.15, -0.1) is 10.2 Å². The summed E-state index contributed by atoms with van der Waals surface area (Å²) < 4.78 is 4.59. The second-order valence-electron chi connectivity index (χ2n) is 15.5. The first-order valence-corrected chi connectivity index (χ1v) is 19.6. The summed E-state index contributed by atoms with van der Waals surface area (Å²) in [5.41, 5.74) is 16.7. The van der Waals surface area contributed by atoms with E-state index in [0.29, 0.717) is 0 Å². The second kappa shape index (κ2) is 12.9. The van der Waals surface area contributed by atoms with E-state index in [1.165, 1.54) is 60.8 Å². The highest BCUT2D eigenvalue weighted by atomic mass is 15.3. The fraction of sp³-hybridized carbons (Fsp3) is 0.0566. The quantitative estimate of drug-likeness (QED) is 0.171. The Hall–Kier alpha value is -7.30. The third-order valence-corrected chi connectivity index (χ3v) is 11.9. The van der Waals surface area contributed by atoms with Crippen LogP contribution in [0.3, 0.4) is 0 Å². The molecule has 1 aliphatic rings. The monoisotopic (exact) mass is 730 g/mol. The van der Waals surface area contributed by atoms with Gasteiger partial charge >= 0.3 is 0 Å². The summed E-state index contributed by atoms with van der Waals surface area (Å²) in [6.07, 6.45) is 0. The molecule has 0 saturated carbocycles. The van der Waals surface area contributed by atoms with E-state index in [4.69, 9.17) is 10.2 Å². The van der Waals surface area contributed by atoms with Crippen LogP contribution in [0.15, 0.2) is 194 Å². The Morgan fingerprint density at radius 1 is 0.368 bits per heavy atom. The molecule has 0 radical (unpaired) electrons. The van der Waals surface area contributed by atoms with Gasteiger partial charge in [0.25, 0.3) is 0 Å². The predicted octanol–water partition coefficient (Wildman–Crippen LogP) is 13.3. The van der Waals surface area contributed by atoms with Crippen molar-refractivity contribution in [1.82, 2.24) is 19.3 Å². The lowest BCUT2D eigenvalue weighted by atomic mass is 9.81. The Kier molecular flexibility index (Phi) is 7.48. The summed E-state index contributed by atoms with van der Waals surface area (Å²) in [6.45, 7) is 4.70. The van der Waals surface area contributed by atoms with Crippen molar-refractivity contribution in [2.75, 3.05) is 0 Å². The zero-order valence-corrected chi connectivity index (χ0v) is 31.8. The fourth-order valence-corrected chi connectivity index (χ4v) is 9.08. The summed E-state index contributed by atoms with van der Waals surface area (Å²) in [4.78, 5) is 0. The molecule has 8 aromatic carbocycles. The summed E-state index contributed by atoms with van der Waals surface area (Å²) in [7, 11) is 0. The highest BCUT2D eigenvalue weighted by molar-refractivity contribution is 6.14. The van der Waals surface area contributed by atoms with Gasteiger partial charge in [0.2, 0.25) is 0 Å². The van der Waals surface area contributed by atoms with Crippen LogP contribution in [0.5, 0.6) is 0 Å². The maximum absolute atomic E-state index is 4.70. The zero-order chi connectivity index (χ0) is 38.1. The Labute approximate surface area is 332 Å². The van der Waals surface area contributed by atoms with E-state index in [9.17, 15) is 0 Å². The van der Waals surface area contributed by atoms with E-state index >= 15 is 0 Å². The number of benzene rings is 8. The van der Waals surface area contributed by atoms with E-state index in [1.54, 1.807) is 0 Å². The third kappa shape index (κ3) is 5.22. The molecule has 1 aliphatic carbocycles. The van der Waals surface area contributed by atoms with E-state index < -0.39 is 0 Å². The van der Waals surface area contributed by atoms with E-state index in [0.717, 1.165) is 39.7 Å². The lowest BCUT2D eigenvalue weighted by Crippen LogP contribution is -2.14. The van der Waals surface area contributed by atoms with Crippen LogP contribution in [0, 0.1) is 0 Å². The van der Waals surface area contributed by atoms with Gasteiger partial charge in [-0.25, -0.2) is 0 Å². The molecular formula is C53H38N4. The molecule has 10 aromatic rings. The maximum Gasteiger partial charge on any atom is 0.168 e.